The molecule has 2 aromatic carbocycles. The van der Waals surface area contributed by atoms with Crippen molar-refractivity contribution in [1.29, 1.82) is 0 Å². The minimum atomic E-state index is -0.397. The molecule has 0 spiro atoms. The maximum atomic E-state index is 12.6. The minimum Gasteiger partial charge on any atom is -0.342 e. The van der Waals surface area contributed by atoms with E-state index in [0.717, 1.165) is 15.7 Å². The summed E-state index contributed by atoms with van der Waals surface area (Å²) in [6.07, 6.45) is 0. The predicted octanol–water partition coefficient (Wildman–Crippen LogP) is 5.58. The molecule has 7 nitrogen and oxygen atoms in total. The Morgan fingerprint density at radius 3 is 2.58 bits per heavy atom. The van der Waals surface area contributed by atoms with Crippen molar-refractivity contribution in [1.82, 2.24) is 20.1 Å². The van der Waals surface area contributed by atoms with Crippen LogP contribution in [-0.2, 0) is 11.8 Å². The summed E-state index contributed by atoms with van der Waals surface area (Å²) in [4.78, 5) is 25.1. The van der Waals surface area contributed by atoms with E-state index in [1.807, 2.05) is 25.1 Å². The molecule has 1 heterocycles. The van der Waals surface area contributed by atoms with Crippen LogP contribution in [-0.4, -0.2) is 32.3 Å². The smallest absolute Gasteiger partial charge is 0.253 e. The van der Waals surface area contributed by atoms with Crippen LogP contribution in [0.3, 0.4) is 0 Å². The SMILES string of the molecule is CC(C)c1cc(Br)ccc1NC(=O)CSc1nnc([C@H](C)NC(=O)c2ccccc2Cl)n1C. The zero-order valence-electron chi connectivity index (χ0n) is 18.7. The van der Waals surface area contributed by atoms with Crippen LogP contribution in [0.2, 0.25) is 5.02 Å². The normalized spacial score (nSPS) is 12.0. The molecule has 0 saturated heterocycles. The van der Waals surface area contributed by atoms with E-state index in [4.69, 9.17) is 11.6 Å². The average Bonchev–Trinajstić information content (AvgIpc) is 3.14. The first-order chi connectivity index (χ1) is 15.7. The molecule has 1 atom stereocenters. The van der Waals surface area contributed by atoms with Gasteiger partial charge in [0.15, 0.2) is 11.0 Å². The molecule has 3 rings (SSSR count). The number of rotatable bonds is 8. The molecule has 0 radical (unpaired) electrons. The summed E-state index contributed by atoms with van der Waals surface area (Å²) < 4.78 is 2.75. The molecule has 2 amide bonds. The topological polar surface area (TPSA) is 88.9 Å². The monoisotopic (exact) mass is 549 g/mol. The molecule has 33 heavy (non-hydrogen) atoms. The molecule has 0 aliphatic carbocycles. The van der Waals surface area contributed by atoms with Gasteiger partial charge in [-0.1, -0.05) is 65.3 Å². The molecule has 0 saturated carbocycles. The molecule has 2 N–H and O–H groups in total. The first kappa shape index (κ1) is 25.3. The number of hydrogen-bond acceptors (Lipinski definition) is 5. The zero-order chi connectivity index (χ0) is 24.1. The summed E-state index contributed by atoms with van der Waals surface area (Å²) in [5, 5.41) is 15.2. The third kappa shape index (κ3) is 6.37. The fraction of sp³-hybridized carbons (Fsp3) is 0.304. The second-order valence-corrected chi connectivity index (χ2v) is 10.1. The van der Waals surface area contributed by atoms with Gasteiger partial charge in [0.25, 0.3) is 5.91 Å². The Morgan fingerprint density at radius 1 is 1.15 bits per heavy atom. The van der Waals surface area contributed by atoms with Crippen molar-refractivity contribution < 1.29 is 9.59 Å². The lowest BCUT2D eigenvalue weighted by atomic mass is 10.0. The van der Waals surface area contributed by atoms with Gasteiger partial charge in [-0.2, -0.15) is 0 Å². The Labute approximate surface area is 210 Å². The Hall–Kier alpha value is -2.36. The Morgan fingerprint density at radius 2 is 1.88 bits per heavy atom. The highest BCUT2D eigenvalue weighted by Crippen LogP contribution is 2.28. The molecular formula is C23H25BrClN5O2S. The highest BCUT2D eigenvalue weighted by atomic mass is 79.9. The van der Waals surface area contributed by atoms with Crippen molar-refractivity contribution >= 4 is 56.8 Å². The van der Waals surface area contributed by atoms with Gasteiger partial charge in [-0.05, 0) is 48.7 Å². The molecule has 0 aliphatic rings. The van der Waals surface area contributed by atoms with Gasteiger partial charge in [0.05, 0.1) is 22.4 Å². The first-order valence-corrected chi connectivity index (χ1v) is 12.5. The minimum absolute atomic E-state index is 0.131. The lowest BCUT2D eigenvalue weighted by Crippen LogP contribution is -2.28. The molecular weight excluding hydrogens is 526 g/mol. The first-order valence-electron chi connectivity index (χ1n) is 10.3. The van der Waals surface area contributed by atoms with Gasteiger partial charge in [0.2, 0.25) is 5.91 Å². The van der Waals surface area contributed by atoms with Gasteiger partial charge in [-0.15, -0.1) is 10.2 Å². The second-order valence-electron chi connectivity index (χ2n) is 7.80. The number of benzene rings is 2. The fourth-order valence-electron chi connectivity index (χ4n) is 3.25. The number of thioether (sulfide) groups is 1. The van der Waals surface area contributed by atoms with E-state index in [1.54, 1.807) is 35.9 Å². The van der Waals surface area contributed by atoms with Gasteiger partial charge in [-0.25, -0.2) is 0 Å². The van der Waals surface area contributed by atoms with Crippen molar-refractivity contribution in [3.8, 4) is 0 Å². The van der Waals surface area contributed by atoms with E-state index >= 15 is 0 Å². The van der Waals surface area contributed by atoms with E-state index in [1.165, 1.54) is 11.8 Å². The van der Waals surface area contributed by atoms with Crippen LogP contribution in [0.15, 0.2) is 52.1 Å². The van der Waals surface area contributed by atoms with Gasteiger partial charge in [-0.3, -0.25) is 9.59 Å². The number of nitrogens with one attached hydrogen (secondary N) is 2. The lowest BCUT2D eigenvalue weighted by Gasteiger charge is -2.15. The van der Waals surface area contributed by atoms with Crippen molar-refractivity contribution in [2.45, 2.75) is 37.9 Å². The number of hydrogen-bond donors (Lipinski definition) is 2. The van der Waals surface area contributed by atoms with E-state index in [0.29, 0.717) is 21.6 Å². The number of amides is 2. The summed E-state index contributed by atoms with van der Waals surface area (Å²) in [6, 6.07) is 12.3. The molecule has 0 aliphatic heterocycles. The van der Waals surface area contributed by atoms with Gasteiger partial charge in [0, 0.05) is 17.2 Å². The number of carbonyl (C=O) groups excluding carboxylic acids is 2. The van der Waals surface area contributed by atoms with Crippen LogP contribution in [0, 0.1) is 0 Å². The Bertz CT molecular complexity index is 1170. The van der Waals surface area contributed by atoms with Crippen molar-refractivity contribution in [3.63, 3.8) is 0 Å². The van der Waals surface area contributed by atoms with Crippen molar-refractivity contribution in [2.75, 3.05) is 11.1 Å². The summed E-state index contributed by atoms with van der Waals surface area (Å²) in [7, 11) is 1.80. The van der Waals surface area contributed by atoms with Crippen molar-refractivity contribution in [2.24, 2.45) is 7.05 Å². The van der Waals surface area contributed by atoms with Crippen LogP contribution in [0.1, 0.15) is 54.5 Å². The summed E-state index contributed by atoms with van der Waals surface area (Å²) >= 11 is 10.9. The van der Waals surface area contributed by atoms with Crippen LogP contribution in [0.4, 0.5) is 5.69 Å². The molecule has 1 aromatic heterocycles. The van der Waals surface area contributed by atoms with E-state index in [2.05, 4.69) is 50.6 Å². The summed E-state index contributed by atoms with van der Waals surface area (Å²) in [6.45, 7) is 5.98. The number of aromatic nitrogens is 3. The largest absolute Gasteiger partial charge is 0.342 e. The number of nitrogens with zero attached hydrogens (tertiary/aromatic N) is 3. The molecule has 0 fully saturated rings. The summed E-state index contributed by atoms with van der Waals surface area (Å²) in [5.41, 5.74) is 2.26. The van der Waals surface area contributed by atoms with Gasteiger partial charge < -0.3 is 15.2 Å². The van der Waals surface area contributed by atoms with E-state index < -0.39 is 6.04 Å². The van der Waals surface area contributed by atoms with Gasteiger partial charge >= 0.3 is 0 Å². The highest BCUT2D eigenvalue weighted by Gasteiger charge is 2.20. The quantitative estimate of drug-likeness (QED) is 0.358. The maximum Gasteiger partial charge on any atom is 0.253 e. The maximum absolute atomic E-state index is 12.6. The number of anilines is 1. The Kier molecular flexibility index (Phi) is 8.56. The van der Waals surface area contributed by atoms with E-state index in [9.17, 15) is 9.59 Å². The standard InChI is InChI=1S/C23H25BrClN5O2S/c1-13(2)17-11-15(24)9-10-19(17)27-20(31)12-33-23-29-28-21(30(23)4)14(3)26-22(32)16-7-5-6-8-18(16)25/h5-11,13-14H,12H2,1-4H3,(H,26,32)(H,27,31)/t14-/m0/s1. The summed E-state index contributed by atoms with van der Waals surface area (Å²) in [5.74, 6) is 0.608. The molecule has 3 aromatic rings. The molecule has 0 unspecified atom stereocenters. The Balaban J connectivity index is 1.61. The van der Waals surface area contributed by atoms with Crippen LogP contribution >= 0.6 is 39.3 Å². The average molecular weight is 551 g/mol. The van der Waals surface area contributed by atoms with Crippen molar-refractivity contribution in [3.05, 3.63) is 68.9 Å². The van der Waals surface area contributed by atoms with Gasteiger partial charge in [0.1, 0.15) is 0 Å². The van der Waals surface area contributed by atoms with E-state index in [-0.39, 0.29) is 23.5 Å². The second kappa shape index (κ2) is 11.2. The molecule has 0 bridgehead atoms. The highest BCUT2D eigenvalue weighted by molar-refractivity contribution is 9.10. The van der Waals surface area contributed by atoms with Crippen LogP contribution < -0.4 is 10.6 Å². The fourth-order valence-corrected chi connectivity index (χ4v) is 4.57. The number of carbonyl (C=O) groups is 2. The van der Waals surface area contributed by atoms with Crippen LogP contribution in [0.5, 0.6) is 0 Å². The van der Waals surface area contributed by atoms with Crippen LogP contribution in [0.25, 0.3) is 0 Å². The molecule has 10 heteroatoms. The third-order valence-electron chi connectivity index (χ3n) is 4.96. The zero-order valence-corrected chi connectivity index (χ0v) is 21.9. The molecule has 174 valence electrons. The lowest BCUT2D eigenvalue weighted by molar-refractivity contribution is -0.113. The number of halogens is 2. The predicted molar refractivity (Wildman–Crippen MR) is 136 cm³/mol. The third-order valence-corrected chi connectivity index (χ3v) is 6.81.